The Kier molecular flexibility index (Phi) is 3.11. The third-order valence-corrected chi connectivity index (χ3v) is 2.01. The second-order valence-electron chi connectivity index (χ2n) is 3.01. The number of aromatic nitrogens is 2. The first-order valence-corrected chi connectivity index (χ1v) is 4.50. The summed E-state index contributed by atoms with van der Waals surface area (Å²) in [5, 5.41) is 6.83. The van der Waals surface area contributed by atoms with Crippen molar-refractivity contribution < 1.29 is 9.53 Å². The molecule has 0 saturated carbocycles. The third-order valence-electron chi connectivity index (χ3n) is 2.01. The van der Waals surface area contributed by atoms with E-state index in [4.69, 9.17) is 4.74 Å². The number of carbonyl (C=O) groups is 1. The van der Waals surface area contributed by atoms with Crippen LogP contribution < -0.4 is 5.32 Å². The molecule has 14 heavy (non-hydrogen) atoms. The van der Waals surface area contributed by atoms with Crippen molar-refractivity contribution in [2.45, 2.75) is 20.8 Å². The lowest BCUT2D eigenvalue weighted by Crippen LogP contribution is -2.14. The summed E-state index contributed by atoms with van der Waals surface area (Å²) >= 11 is 0. The van der Waals surface area contributed by atoms with E-state index in [1.165, 1.54) is 0 Å². The Balaban J connectivity index is 2.81. The number of hydrogen-bond acceptors (Lipinski definition) is 3. The SMILES string of the molecule is CCOC(=O)Nc1c(C)nn(C)c1C. The monoisotopic (exact) mass is 197 g/mol. The summed E-state index contributed by atoms with van der Waals surface area (Å²) in [4.78, 5) is 11.2. The Labute approximate surface area is 83.1 Å². The zero-order chi connectivity index (χ0) is 10.7. The fourth-order valence-electron chi connectivity index (χ4n) is 1.22. The van der Waals surface area contributed by atoms with Gasteiger partial charge in [-0.3, -0.25) is 10.00 Å². The van der Waals surface area contributed by atoms with Gasteiger partial charge in [0.05, 0.1) is 23.7 Å². The second kappa shape index (κ2) is 4.13. The van der Waals surface area contributed by atoms with E-state index < -0.39 is 6.09 Å². The van der Waals surface area contributed by atoms with Gasteiger partial charge in [0.15, 0.2) is 0 Å². The standard InChI is InChI=1S/C9H15N3O2/c1-5-14-9(13)10-8-6(2)11-12(4)7(8)3/h5H2,1-4H3,(H,10,13). The Morgan fingerprint density at radius 1 is 1.57 bits per heavy atom. The summed E-state index contributed by atoms with van der Waals surface area (Å²) in [5.74, 6) is 0. The molecule has 0 aliphatic heterocycles. The fraction of sp³-hybridized carbons (Fsp3) is 0.556. The van der Waals surface area contributed by atoms with E-state index in [2.05, 4.69) is 10.4 Å². The second-order valence-corrected chi connectivity index (χ2v) is 3.01. The van der Waals surface area contributed by atoms with Crippen LogP contribution in [0.3, 0.4) is 0 Å². The van der Waals surface area contributed by atoms with Gasteiger partial charge < -0.3 is 4.74 Å². The van der Waals surface area contributed by atoms with Crippen LogP contribution in [0.25, 0.3) is 0 Å². The smallest absolute Gasteiger partial charge is 0.411 e. The van der Waals surface area contributed by atoms with Crippen molar-refractivity contribution in [3.05, 3.63) is 11.4 Å². The van der Waals surface area contributed by atoms with E-state index >= 15 is 0 Å². The Hall–Kier alpha value is -1.52. The summed E-state index contributed by atoms with van der Waals surface area (Å²) in [5.41, 5.74) is 2.43. The van der Waals surface area contributed by atoms with Gasteiger partial charge in [-0.15, -0.1) is 0 Å². The van der Waals surface area contributed by atoms with Crippen LogP contribution in [0.15, 0.2) is 0 Å². The molecule has 0 atom stereocenters. The van der Waals surface area contributed by atoms with Gasteiger partial charge in [-0.2, -0.15) is 5.10 Å². The molecule has 0 radical (unpaired) electrons. The fourth-order valence-corrected chi connectivity index (χ4v) is 1.22. The highest BCUT2D eigenvalue weighted by atomic mass is 16.5. The topological polar surface area (TPSA) is 56.1 Å². The maximum atomic E-state index is 11.2. The summed E-state index contributed by atoms with van der Waals surface area (Å²) in [6.45, 7) is 5.86. The maximum absolute atomic E-state index is 11.2. The predicted octanol–water partition coefficient (Wildman–Crippen LogP) is 1.61. The molecule has 1 N–H and O–H groups in total. The van der Waals surface area contributed by atoms with Gasteiger partial charge in [-0.25, -0.2) is 4.79 Å². The number of nitrogens with one attached hydrogen (secondary N) is 1. The number of amides is 1. The molecule has 0 saturated heterocycles. The van der Waals surface area contributed by atoms with Crippen LogP contribution in [-0.2, 0) is 11.8 Å². The van der Waals surface area contributed by atoms with Gasteiger partial charge in [0, 0.05) is 7.05 Å². The van der Waals surface area contributed by atoms with Gasteiger partial charge in [-0.1, -0.05) is 0 Å². The number of ether oxygens (including phenoxy) is 1. The quantitative estimate of drug-likeness (QED) is 0.783. The zero-order valence-electron chi connectivity index (χ0n) is 8.92. The third kappa shape index (κ3) is 2.04. The summed E-state index contributed by atoms with van der Waals surface area (Å²) in [7, 11) is 1.83. The van der Waals surface area contributed by atoms with Crippen LogP contribution >= 0.6 is 0 Å². The average molecular weight is 197 g/mol. The van der Waals surface area contributed by atoms with Crippen molar-refractivity contribution >= 4 is 11.8 Å². The highest BCUT2D eigenvalue weighted by Crippen LogP contribution is 2.18. The number of anilines is 1. The van der Waals surface area contributed by atoms with Gasteiger partial charge >= 0.3 is 6.09 Å². The normalized spacial score (nSPS) is 10.0. The molecule has 0 aliphatic rings. The number of nitrogens with zero attached hydrogens (tertiary/aromatic N) is 2. The molecule has 5 heteroatoms. The Morgan fingerprint density at radius 3 is 2.64 bits per heavy atom. The molecular formula is C9H15N3O2. The minimum atomic E-state index is -0.438. The lowest BCUT2D eigenvalue weighted by molar-refractivity contribution is 0.168. The number of hydrogen-bond donors (Lipinski definition) is 1. The minimum absolute atomic E-state index is 0.365. The summed E-state index contributed by atoms with van der Waals surface area (Å²) in [6, 6.07) is 0. The van der Waals surface area contributed by atoms with Crippen LogP contribution in [0.5, 0.6) is 0 Å². The Morgan fingerprint density at radius 2 is 2.21 bits per heavy atom. The Bertz CT molecular complexity index is 344. The molecule has 5 nitrogen and oxygen atoms in total. The molecule has 0 fully saturated rings. The van der Waals surface area contributed by atoms with E-state index in [0.29, 0.717) is 6.61 Å². The van der Waals surface area contributed by atoms with E-state index in [1.807, 2.05) is 20.9 Å². The first kappa shape index (κ1) is 10.6. The van der Waals surface area contributed by atoms with Crippen molar-refractivity contribution in [3.8, 4) is 0 Å². The van der Waals surface area contributed by atoms with Crippen LogP contribution in [-0.4, -0.2) is 22.5 Å². The first-order valence-electron chi connectivity index (χ1n) is 4.50. The van der Waals surface area contributed by atoms with E-state index in [-0.39, 0.29) is 0 Å². The summed E-state index contributed by atoms with van der Waals surface area (Å²) in [6.07, 6.45) is -0.438. The molecule has 1 aromatic heterocycles. The molecule has 0 bridgehead atoms. The zero-order valence-corrected chi connectivity index (χ0v) is 8.92. The van der Waals surface area contributed by atoms with E-state index in [9.17, 15) is 4.79 Å². The molecular weight excluding hydrogens is 182 g/mol. The number of aryl methyl sites for hydroxylation is 2. The van der Waals surface area contributed by atoms with Crippen LogP contribution in [0.4, 0.5) is 10.5 Å². The molecule has 1 amide bonds. The number of carbonyl (C=O) groups excluding carboxylic acids is 1. The lowest BCUT2D eigenvalue weighted by Gasteiger charge is -2.04. The minimum Gasteiger partial charge on any atom is -0.450 e. The van der Waals surface area contributed by atoms with Gasteiger partial charge in [0.2, 0.25) is 0 Å². The van der Waals surface area contributed by atoms with Gasteiger partial charge in [0.25, 0.3) is 0 Å². The molecule has 78 valence electrons. The summed E-state index contributed by atoms with van der Waals surface area (Å²) < 4.78 is 6.50. The highest BCUT2D eigenvalue weighted by molar-refractivity contribution is 5.86. The molecule has 0 aromatic carbocycles. The van der Waals surface area contributed by atoms with Crippen molar-refractivity contribution in [3.63, 3.8) is 0 Å². The van der Waals surface area contributed by atoms with Crippen molar-refractivity contribution in [2.75, 3.05) is 11.9 Å². The van der Waals surface area contributed by atoms with Crippen molar-refractivity contribution in [1.29, 1.82) is 0 Å². The molecule has 0 spiro atoms. The van der Waals surface area contributed by atoms with E-state index in [0.717, 1.165) is 17.1 Å². The molecule has 0 aliphatic carbocycles. The number of rotatable bonds is 2. The van der Waals surface area contributed by atoms with Crippen LogP contribution in [0.2, 0.25) is 0 Å². The predicted molar refractivity (Wildman–Crippen MR) is 53.3 cm³/mol. The average Bonchev–Trinajstić information content (AvgIpc) is 2.33. The van der Waals surface area contributed by atoms with Crippen molar-refractivity contribution in [1.82, 2.24) is 9.78 Å². The molecule has 1 heterocycles. The lowest BCUT2D eigenvalue weighted by atomic mass is 10.3. The van der Waals surface area contributed by atoms with Gasteiger partial charge in [0.1, 0.15) is 0 Å². The molecule has 1 aromatic rings. The van der Waals surface area contributed by atoms with Crippen molar-refractivity contribution in [2.24, 2.45) is 7.05 Å². The maximum Gasteiger partial charge on any atom is 0.411 e. The van der Waals surface area contributed by atoms with Crippen LogP contribution in [0.1, 0.15) is 18.3 Å². The van der Waals surface area contributed by atoms with E-state index in [1.54, 1.807) is 11.6 Å². The first-order chi connectivity index (χ1) is 6.56. The largest absolute Gasteiger partial charge is 0.450 e. The highest BCUT2D eigenvalue weighted by Gasteiger charge is 2.12. The molecule has 0 unspecified atom stereocenters. The van der Waals surface area contributed by atoms with Gasteiger partial charge in [-0.05, 0) is 20.8 Å². The van der Waals surface area contributed by atoms with Crippen LogP contribution in [0, 0.1) is 13.8 Å². The molecule has 1 rings (SSSR count).